The van der Waals surface area contributed by atoms with Crippen molar-refractivity contribution in [1.29, 1.82) is 0 Å². The molecule has 0 spiro atoms. The first-order valence-corrected chi connectivity index (χ1v) is 5.39. The van der Waals surface area contributed by atoms with Crippen LogP contribution in [0.3, 0.4) is 0 Å². The number of aromatic nitrogens is 2. The van der Waals surface area contributed by atoms with E-state index in [2.05, 4.69) is 9.97 Å². The van der Waals surface area contributed by atoms with Gasteiger partial charge in [-0.3, -0.25) is 14.6 Å². The highest BCUT2D eigenvalue weighted by Gasteiger charge is 2.12. The summed E-state index contributed by atoms with van der Waals surface area (Å²) >= 11 is 0. The Morgan fingerprint density at radius 1 is 1.24 bits per heavy atom. The molecular weight excluding hydrogens is 216 g/mol. The van der Waals surface area contributed by atoms with Gasteiger partial charge in [-0.25, -0.2) is 0 Å². The fraction of sp³-hybridized carbons (Fsp3) is 0.154. The van der Waals surface area contributed by atoms with Gasteiger partial charge < -0.3 is 4.98 Å². The van der Waals surface area contributed by atoms with Crippen molar-refractivity contribution >= 4 is 5.78 Å². The van der Waals surface area contributed by atoms with Gasteiger partial charge in [-0.1, -0.05) is 6.92 Å². The van der Waals surface area contributed by atoms with E-state index < -0.39 is 0 Å². The maximum Gasteiger partial charge on any atom is 0.248 e. The molecule has 0 radical (unpaired) electrons. The van der Waals surface area contributed by atoms with Crippen molar-refractivity contribution in [1.82, 2.24) is 9.97 Å². The van der Waals surface area contributed by atoms with Crippen LogP contribution < -0.4 is 5.56 Å². The van der Waals surface area contributed by atoms with Crippen molar-refractivity contribution < 1.29 is 4.79 Å². The number of nitrogens with zero attached hydrogens (tertiary/aromatic N) is 1. The van der Waals surface area contributed by atoms with E-state index in [4.69, 9.17) is 0 Å². The van der Waals surface area contributed by atoms with Crippen molar-refractivity contribution in [3.8, 4) is 0 Å². The maximum absolute atomic E-state index is 12.2. The summed E-state index contributed by atoms with van der Waals surface area (Å²) in [5, 5.41) is 0. The third kappa shape index (κ3) is 2.30. The van der Waals surface area contributed by atoms with Gasteiger partial charge in [0.25, 0.3) is 0 Å². The molecule has 0 fully saturated rings. The molecule has 0 aliphatic rings. The van der Waals surface area contributed by atoms with Crippen LogP contribution in [0.4, 0.5) is 0 Å². The highest BCUT2D eigenvalue weighted by molar-refractivity contribution is 6.09. The van der Waals surface area contributed by atoms with E-state index in [0.29, 0.717) is 23.2 Å². The number of aryl methyl sites for hydroxylation is 1. The molecule has 0 bridgehead atoms. The van der Waals surface area contributed by atoms with Gasteiger partial charge in [-0.05, 0) is 24.6 Å². The van der Waals surface area contributed by atoms with Crippen molar-refractivity contribution in [2.75, 3.05) is 0 Å². The van der Waals surface area contributed by atoms with Crippen LogP contribution in [0.25, 0.3) is 0 Å². The highest BCUT2D eigenvalue weighted by Crippen LogP contribution is 2.11. The fourth-order valence-electron chi connectivity index (χ4n) is 1.67. The molecule has 0 aromatic carbocycles. The minimum absolute atomic E-state index is 0.0968. The second-order valence-electron chi connectivity index (χ2n) is 3.63. The number of pyridine rings is 2. The number of H-pyrrole nitrogens is 1. The number of nitrogens with one attached hydrogen (secondary N) is 1. The van der Waals surface area contributed by atoms with Crippen LogP contribution in [0.15, 0.2) is 41.5 Å². The van der Waals surface area contributed by atoms with Crippen LogP contribution in [0.1, 0.15) is 28.5 Å². The molecule has 86 valence electrons. The van der Waals surface area contributed by atoms with Crippen molar-refractivity contribution in [3.63, 3.8) is 0 Å². The van der Waals surface area contributed by atoms with E-state index >= 15 is 0 Å². The van der Waals surface area contributed by atoms with Crippen LogP contribution in [-0.4, -0.2) is 15.8 Å². The van der Waals surface area contributed by atoms with Gasteiger partial charge in [0.1, 0.15) is 0 Å². The molecule has 0 unspecified atom stereocenters. The molecule has 4 heteroatoms. The number of rotatable bonds is 3. The largest absolute Gasteiger partial charge is 0.325 e. The molecule has 2 rings (SSSR count). The lowest BCUT2D eigenvalue weighted by atomic mass is 10.0. The molecule has 17 heavy (non-hydrogen) atoms. The first kappa shape index (κ1) is 11.3. The van der Waals surface area contributed by atoms with E-state index in [-0.39, 0.29) is 11.3 Å². The monoisotopic (exact) mass is 228 g/mol. The lowest BCUT2D eigenvalue weighted by Crippen LogP contribution is -2.13. The molecule has 2 heterocycles. The third-order valence-electron chi connectivity index (χ3n) is 2.54. The van der Waals surface area contributed by atoms with Crippen LogP contribution in [0, 0.1) is 0 Å². The van der Waals surface area contributed by atoms with Crippen LogP contribution >= 0.6 is 0 Å². The molecule has 0 saturated heterocycles. The van der Waals surface area contributed by atoms with Gasteiger partial charge in [0.2, 0.25) is 5.56 Å². The summed E-state index contributed by atoms with van der Waals surface area (Å²) in [5.41, 5.74) is 1.59. The van der Waals surface area contributed by atoms with Crippen LogP contribution in [-0.2, 0) is 6.42 Å². The summed E-state index contributed by atoms with van der Waals surface area (Å²) in [7, 11) is 0. The smallest absolute Gasteiger partial charge is 0.248 e. The Bertz CT molecular complexity index is 588. The van der Waals surface area contributed by atoms with E-state index in [1.807, 2.05) is 6.92 Å². The Kier molecular flexibility index (Phi) is 3.14. The highest BCUT2D eigenvalue weighted by atomic mass is 16.1. The summed E-state index contributed by atoms with van der Waals surface area (Å²) < 4.78 is 0. The topological polar surface area (TPSA) is 62.8 Å². The molecular formula is C13H12N2O2. The molecule has 0 aliphatic heterocycles. The summed E-state index contributed by atoms with van der Waals surface area (Å²) in [6.45, 7) is 1.90. The Morgan fingerprint density at radius 2 is 1.94 bits per heavy atom. The Balaban J connectivity index is 2.48. The summed E-state index contributed by atoms with van der Waals surface area (Å²) in [6, 6.07) is 6.26. The van der Waals surface area contributed by atoms with Gasteiger partial charge in [0, 0.05) is 35.3 Å². The number of carbonyl (C=O) groups is 1. The normalized spacial score (nSPS) is 10.2. The quantitative estimate of drug-likeness (QED) is 0.811. The average Bonchev–Trinajstić information content (AvgIpc) is 2.39. The SMILES string of the molecule is CCc1[nH]c(=O)ccc1C(=O)c1ccncc1. The number of carbonyl (C=O) groups excluding carboxylic acids is 1. The number of ketones is 1. The van der Waals surface area contributed by atoms with Crippen molar-refractivity contribution in [3.05, 3.63) is 63.8 Å². The first-order chi connectivity index (χ1) is 8.22. The predicted octanol–water partition coefficient (Wildman–Crippen LogP) is 1.56. The van der Waals surface area contributed by atoms with E-state index in [1.54, 1.807) is 30.6 Å². The zero-order valence-electron chi connectivity index (χ0n) is 9.43. The van der Waals surface area contributed by atoms with E-state index in [0.717, 1.165) is 0 Å². The second kappa shape index (κ2) is 4.74. The summed E-state index contributed by atoms with van der Waals surface area (Å²) in [4.78, 5) is 29.9. The molecule has 0 amide bonds. The summed E-state index contributed by atoms with van der Waals surface area (Å²) in [6.07, 6.45) is 3.76. The van der Waals surface area contributed by atoms with Gasteiger partial charge in [0.05, 0.1) is 0 Å². The molecule has 2 aromatic rings. The summed E-state index contributed by atoms with van der Waals surface area (Å²) in [5.74, 6) is -0.0968. The molecule has 2 aromatic heterocycles. The molecule has 0 saturated carbocycles. The Hall–Kier alpha value is -2.23. The maximum atomic E-state index is 12.2. The van der Waals surface area contributed by atoms with Crippen LogP contribution in [0.5, 0.6) is 0 Å². The Labute approximate surface area is 98.3 Å². The van der Waals surface area contributed by atoms with Gasteiger partial charge in [0.15, 0.2) is 5.78 Å². The predicted molar refractivity (Wildman–Crippen MR) is 64.1 cm³/mol. The number of hydrogen-bond donors (Lipinski definition) is 1. The number of hydrogen-bond acceptors (Lipinski definition) is 3. The lowest BCUT2D eigenvalue weighted by molar-refractivity contribution is 0.103. The van der Waals surface area contributed by atoms with Crippen molar-refractivity contribution in [2.45, 2.75) is 13.3 Å². The number of aromatic amines is 1. The zero-order chi connectivity index (χ0) is 12.3. The molecule has 1 N–H and O–H groups in total. The minimum Gasteiger partial charge on any atom is -0.325 e. The molecule has 0 atom stereocenters. The Morgan fingerprint density at radius 3 is 2.59 bits per heavy atom. The molecule has 4 nitrogen and oxygen atoms in total. The minimum atomic E-state index is -0.187. The van der Waals surface area contributed by atoms with Crippen molar-refractivity contribution in [2.24, 2.45) is 0 Å². The fourth-order valence-corrected chi connectivity index (χ4v) is 1.67. The standard InChI is InChI=1S/C13H12N2O2/c1-2-11-10(3-4-12(16)15-11)13(17)9-5-7-14-8-6-9/h3-8H,2H2,1H3,(H,15,16). The first-order valence-electron chi connectivity index (χ1n) is 5.39. The average molecular weight is 228 g/mol. The zero-order valence-corrected chi connectivity index (χ0v) is 9.43. The second-order valence-corrected chi connectivity index (χ2v) is 3.63. The van der Waals surface area contributed by atoms with E-state index in [9.17, 15) is 9.59 Å². The lowest BCUT2D eigenvalue weighted by Gasteiger charge is -2.05. The molecule has 0 aliphatic carbocycles. The van der Waals surface area contributed by atoms with E-state index in [1.165, 1.54) is 6.07 Å². The van der Waals surface area contributed by atoms with Gasteiger partial charge >= 0.3 is 0 Å². The van der Waals surface area contributed by atoms with Crippen LogP contribution in [0.2, 0.25) is 0 Å². The van der Waals surface area contributed by atoms with Gasteiger partial charge in [-0.15, -0.1) is 0 Å². The van der Waals surface area contributed by atoms with Gasteiger partial charge in [-0.2, -0.15) is 0 Å². The third-order valence-corrected chi connectivity index (χ3v) is 2.54.